The number of aliphatic hydroxyl groups is 1. The van der Waals surface area contributed by atoms with E-state index in [0.29, 0.717) is 0 Å². The SMILES string of the molecule is C[C@H]1OC(C)(C)O[C@H]1[C@H](CO)CC(C)(C)[Si](C)(C)O. The Balaban J connectivity index is 2.80. The molecule has 0 amide bonds. The molecule has 0 radical (unpaired) electrons. The van der Waals surface area contributed by atoms with Crippen molar-refractivity contribution < 1.29 is 19.4 Å². The average molecular weight is 290 g/mol. The lowest BCUT2D eigenvalue weighted by molar-refractivity contribution is -0.151. The van der Waals surface area contributed by atoms with Crippen LogP contribution in [0.15, 0.2) is 0 Å². The Hall–Kier alpha value is 0.0569. The van der Waals surface area contributed by atoms with Crippen LogP contribution in [0.1, 0.15) is 41.0 Å². The molecule has 0 bridgehead atoms. The highest BCUT2D eigenvalue weighted by Gasteiger charge is 2.46. The first kappa shape index (κ1) is 17.1. The van der Waals surface area contributed by atoms with E-state index in [-0.39, 0.29) is 29.8 Å². The van der Waals surface area contributed by atoms with Crippen LogP contribution in [-0.4, -0.2) is 42.8 Å². The van der Waals surface area contributed by atoms with Gasteiger partial charge in [0.2, 0.25) is 0 Å². The molecule has 3 atom stereocenters. The van der Waals surface area contributed by atoms with Crippen LogP contribution in [0.25, 0.3) is 0 Å². The van der Waals surface area contributed by atoms with Crippen molar-refractivity contribution in [2.45, 2.75) is 77.2 Å². The monoisotopic (exact) mass is 290 g/mol. The van der Waals surface area contributed by atoms with E-state index in [4.69, 9.17) is 9.47 Å². The third-order valence-electron chi connectivity index (χ3n) is 4.48. The maximum atomic E-state index is 10.4. The number of ether oxygens (including phenoxy) is 2. The minimum absolute atomic E-state index is 0.00861. The molecule has 1 aliphatic heterocycles. The van der Waals surface area contributed by atoms with Crippen molar-refractivity contribution in [2.75, 3.05) is 6.61 Å². The predicted molar refractivity (Wildman–Crippen MR) is 78.4 cm³/mol. The van der Waals surface area contributed by atoms with Gasteiger partial charge in [-0.05, 0) is 45.3 Å². The largest absolute Gasteiger partial charge is 0.432 e. The third-order valence-corrected chi connectivity index (χ3v) is 8.00. The van der Waals surface area contributed by atoms with E-state index in [1.54, 1.807) is 0 Å². The van der Waals surface area contributed by atoms with Gasteiger partial charge in [0, 0.05) is 12.5 Å². The Morgan fingerprint density at radius 1 is 1.26 bits per heavy atom. The minimum atomic E-state index is -2.28. The second-order valence-electron chi connectivity index (χ2n) is 7.39. The van der Waals surface area contributed by atoms with E-state index >= 15 is 0 Å². The normalized spacial score (nSPS) is 29.5. The Labute approximate surface area is 118 Å². The van der Waals surface area contributed by atoms with Crippen LogP contribution in [0.4, 0.5) is 0 Å². The summed E-state index contributed by atoms with van der Waals surface area (Å²) in [6, 6.07) is 0. The van der Waals surface area contributed by atoms with Crippen molar-refractivity contribution in [1.29, 1.82) is 0 Å². The van der Waals surface area contributed by atoms with Gasteiger partial charge in [-0.25, -0.2) is 0 Å². The Morgan fingerprint density at radius 3 is 2.11 bits per heavy atom. The van der Waals surface area contributed by atoms with Crippen molar-refractivity contribution in [3.63, 3.8) is 0 Å². The Bertz CT molecular complexity index is 309. The molecule has 1 aliphatic rings. The quantitative estimate of drug-likeness (QED) is 0.764. The third kappa shape index (κ3) is 4.01. The first-order valence-corrected chi connectivity index (χ1v) is 10.0. The zero-order valence-corrected chi connectivity index (χ0v) is 14.4. The molecule has 0 saturated carbocycles. The zero-order chi connectivity index (χ0) is 15.1. The highest BCUT2D eigenvalue weighted by Crippen LogP contribution is 2.44. The van der Waals surface area contributed by atoms with Gasteiger partial charge in [0.1, 0.15) is 0 Å². The number of hydrogen-bond donors (Lipinski definition) is 2. The summed E-state index contributed by atoms with van der Waals surface area (Å²) in [7, 11) is -2.28. The van der Waals surface area contributed by atoms with Crippen molar-refractivity contribution in [3.8, 4) is 0 Å². The molecule has 1 saturated heterocycles. The van der Waals surface area contributed by atoms with E-state index in [2.05, 4.69) is 13.8 Å². The molecule has 0 aliphatic carbocycles. The fraction of sp³-hybridized carbons (Fsp3) is 1.00. The maximum absolute atomic E-state index is 10.4. The average Bonchev–Trinajstić information content (AvgIpc) is 2.47. The second kappa shape index (κ2) is 5.45. The van der Waals surface area contributed by atoms with Gasteiger partial charge < -0.3 is 19.4 Å². The number of rotatable bonds is 5. The van der Waals surface area contributed by atoms with Crippen LogP contribution in [0.5, 0.6) is 0 Å². The van der Waals surface area contributed by atoms with E-state index < -0.39 is 14.1 Å². The van der Waals surface area contributed by atoms with E-state index in [0.717, 1.165) is 6.42 Å². The highest BCUT2D eigenvalue weighted by molar-refractivity contribution is 6.72. The summed E-state index contributed by atoms with van der Waals surface area (Å²) in [4.78, 5) is 10.4. The fourth-order valence-electron chi connectivity index (χ4n) is 2.64. The lowest BCUT2D eigenvalue weighted by Gasteiger charge is -2.39. The lowest BCUT2D eigenvalue weighted by atomic mass is 9.90. The topological polar surface area (TPSA) is 58.9 Å². The summed E-state index contributed by atoms with van der Waals surface area (Å²) in [5.74, 6) is -0.598. The molecule has 0 aromatic heterocycles. The van der Waals surface area contributed by atoms with Crippen LogP contribution >= 0.6 is 0 Å². The van der Waals surface area contributed by atoms with E-state index in [9.17, 15) is 9.90 Å². The van der Waals surface area contributed by atoms with Gasteiger partial charge in [0.25, 0.3) is 0 Å². The molecule has 0 aromatic rings. The van der Waals surface area contributed by atoms with Crippen molar-refractivity contribution >= 4 is 8.32 Å². The molecule has 114 valence electrons. The molecule has 4 nitrogen and oxygen atoms in total. The van der Waals surface area contributed by atoms with Gasteiger partial charge in [-0.15, -0.1) is 0 Å². The molecular weight excluding hydrogens is 260 g/mol. The summed E-state index contributed by atoms with van der Waals surface area (Å²) in [5, 5.41) is 9.53. The number of hydrogen-bond acceptors (Lipinski definition) is 4. The van der Waals surface area contributed by atoms with Gasteiger partial charge in [0.15, 0.2) is 14.1 Å². The smallest absolute Gasteiger partial charge is 0.188 e. The fourth-order valence-corrected chi connectivity index (χ4v) is 3.40. The molecule has 1 rings (SSSR count). The minimum Gasteiger partial charge on any atom is -0.432 e. The molecule has 0 unspecified atom stereocenters. The molecule has 2 N–H and O–H groups in total. The van der Waals surface area contributed by atoms with Crippen LogP contribution in [0, 0.1) is 5.92 Å². The maximum Gasteiger partial charge on any atom is 0.188 e. The summed E-state index contributed by atoms with van der Waals surface area (Å²) in [6.07, 6.45) is 0.593. The summed E-state index contributed by atoms with van der Waals surface area (Å²) in [5.41, 5.74) is 0. The molecule has 0 aromatic carbocycles. The predicted octanol–water partition coefficient (Wildman–Crippen LogP) is 2.50. The van der Waals surface area contributed by atoms with Gasteiger partial charge in [0.05, 0.1) is 12.2 Å². The molecule has 1 fully saturated rings. The highest BCUT2D eigenvalue weighted by atomic mass is 28.4. The van der Waals surface area contributed by atoms with Gasteiger partial charge in [-0.2, -0.15) is 0 Å². The lowest BCUT2D eigenvalue weighted by Crippen LogP contribution is -2.43. The molecule has 19 heavy (non-hydrogen) atoms. The van der Waals surface area contributed by atoms with Crippen LogP contribution in [-0.2, 0) is 9.47 Å². The summed E-state index contributed by atoms with van der Waals surface area (Å²) < 4.78 is 11.7. The van der Waals surface area contributed by atoms with Crippen LogP contribution in [0.3, 0.4) is 0 Å². The standard InChI is InChI=1S/C14H30O4Si/c1-10-12(18-14(4,5)17-10)11(9-15)8-13(2,3)19(6,7)16/h10-12,15-16H,8-9H2,1-7H3/t10-,11+,12-/m1/s1. The summed E-state index contributed by atoms with van der Waals surface area (Å²) >= 11 is 0. The first-order chi connectivity index (χ1) is 8.39. The Morgan fingerprint density at radius 2 is 1.79 bits per heavy atom. The van der Waals surface area contributed by atoms with Gasteiger partial charge in [-0.3, -0.25) is 0 Å². The molecular formula is C14H30O4Si. The number of aliphatic hydroxyl groups excluding tert-OH is 1. The van der Waals surface area contributed by atoms with Crippen molar-refractivity contribution in [3.05, 3.63) is 0 Å². The van der Waals surface area contributed by atoms with Crippen LogP contribution in [0.2, 0.25) is 18.1 Å². The van der Waals surface area contributed by atoms with Crippen molar-refractivity contribution in [1.82, 2.24) is 0 Å². The van der Waals surface area contributed by atoms with Crippen LogP contribution < -0.4 is 0 Å². The zero-order valence-electron chi connectivity index (χ0n) is 13.4. The van der Waals surface area contributed by atoms with Gasteiger partial charge >= 0.3 is 0 Å². The van der Waals surface area contributed by atoms with E-state index in [1.807, 2.05) is 33.9 Å². The Kier molecular flexibility index (Phi) is 4.90. The molecule has 0 spiro atoms. The second-order valence-corrected chi connectivity index (χ2v) is 11.9. The van der Waals surface area contributed by atoms with Gasteiger partial charge in [-0.1, -0.05) is 13.8 Å². The van der Waals surface area contributed by atoms with Crippen molar-refractivity contribution in [2.24, 2.45) is 5.92 Å². The first-order valence-electron chi connectivity index (χ1n) is 7.08. The molecule has 5 heteroatoms. The van der Waals surface area contributed by atoms with E-state index in [1.165, 1.54) is 0 Å². The molecule has 1 heterocycles. The summed E-state index contributed by atoms with van der Waals surface area (Å²) in [6.45, 7) is 13.9.